The summed E-state index contributed by atoms with van der Waals surface area (Å²) in [6, 6.07) is 9.85. The number of nitrogens with zero attached hydrogens (tertiary/aromatic N) is 3. The monoisotopic (exact) mass is 398 g/mol. The number of aromatic nitrogens is 2. The first-order valence-electron chi connectivity index (χ1n) is 9.50. The van der Waals surface area contributed by atoms with Gasteiger partial charge in [-0.1, -0.05) is 0 Å². The molecular weight excluding hydrogens is 372 g/mol. The fraction of sp³-hybridized carbons (Fsp3) is 0.381. The van der Waals surface area contributed by atoms with Gasteiger partial charge in [0.1, 0.15) is 0 Å². The molecule has 8 nitrogen and oxygen atoms in total. The van der Waals surface area contributed by atoms with E-state index in [-0.39, 0.29) is 0 Å². The third kappa shape index (κ3) is 3.57. The summed E-state index contributed by atoms with van der Waals surface area (Å²) in [5.74, 6) is 3.71. The van der Waals surface area contributed by atoms with Crippen LogP contribution >= 0.6 is 0 Å². The number of anilines is 2. The molecule has 1 aliphatic rings. The number of methoxy groups -OCH3 is 4. The Kier molecular flexibility index (Phi) is 5.24. The van der Waals surface area contributed by atoms with Crippen LogP contribution in [-0.2, 0) is 0 Å². The van der Waals surface area contributed by atoms with Crippen LogP contribution in [-0.4, -0.2) is 64.6 Å². The number of piperazine rings is 1. The van der Waals surface area contributed by atoms with Crippen LogP contribution in [0.4, 0.5) is 11.6 Å². The summed E-state index contributed by atoms with van der Waals surface area (Å²) in [6.07, 6.45) is 0. The minimum Gasteiger partial charge on any atom is -0.493 e. The highest BCUT2D eigenvalue weighted by atomic mass is 16.5. The number of rotatable bonds is 6. The van der Waals surface area contributed by atoms with Gasteiger partial charge in [-0.3, -0.25) is 0 Å². The van der Waals surface area contributed by atoms with Gasteiger partial charge >= 0.3 is 0 Å². The maximum atomic E-state index is 5.43. The molecule has 0 radical (unpaired) electrons. The largest absolute Gasteiger partial charge is 0.493 e. The molecule has 1 fully saturated rings. The number of hydrogen-bond donors (Lipinski definition) is 1. The molecule has 3 aromatic rings. The summed E-state index contributed by atoms with van der Waals surface area (Å²) in [7, 11) is 6.57. The van der Waals surface area contributed by atoms with Crippen molar-refractivity contribution in [2.24, 2.45) is 0 Å². The van der Waals surface area contributed by atoms with Crippen molar-refractivity contribution >= 4 is 22.7 Å². The van der Waals surface area contributed by atoms with E-state index >= 15 is 0 Å². The molecule has 1 N–H and O–H groups in total. The topological polar surface area (TPSA) is 72.1 Å². The Morgan fingerprint density at radius 3 is 1.97 bits per heavy atom. The minimum absolute atomic E-state index is 0.677. The second-order valence-electron chi connectivity index (χ2n) is 6.80. The van der Waals surface area contributed by atoms with Gasteiger partial charge in [-0.15, -0.1) is 0 Å². The van der Waals surface area contributed by atoms with Crippen molar-refractivity contribution in [2.75, 3.05) is 64.4 Å². The van der Waals surface area contributed by atoms with E-state index in [0.717, 1.165) is 60.3 Å². The maximum Gasteiger partial charge on any atom is 0.203 e. The molecule has 0 amide bonds. The summed E-state index contributed by atoms with van der Waals surface area (Å²) < 4.78 is 21.5. The first kappa shape index (κ1) is 19.0. The van der Waals surface area contributed by atoms with Crippen molar-refractivity contribution in [1.82, 2.24) is 9.97 Å². The van der Waals surface area contributed by atoms with Crippen LogP contribution in [0.15, 0.2) is 30.3 Å². The molecule has 29 heavy (non-hydrogen) atoms. The summed E-state index contributed by atoms with van der Waals surface area (Å²) >= 11 is 0. The number of nitrogens with one attached hydrogen (secondary N) is 1. The molecule has 0 unspecified atom stereocenters. The molecule has 0 atom stereocenters. The van der Waals surface area contributed by atoms with E-state index in [1.165, 1.54) is 0 Å². The smallest absolute Gasteiger partial charge is 0.203 e. The van der Waals surface area contributed by atoms with Gasteiger partial charge in [-0.05, 0) is 12.1 Å². The normalized spacial score (nSPS) is 14.2. The van der Waals surface area contributed by atoms with Gasteiger partial charge in [0.15, 0.2) is 23.0 Å². The van der Waals surface area contributed by atoms with Gasteiger partial charge in [0.05, 0.1) is 39.5 Å². The second kappa shape index (κ2) is 7.98. The fourth-order valence-corrected chi connectivity index (χ4v) is 3.67. The van der Waals surface area contributed by atoms with Gasteiger partial charge in [-0.25, -0.2) is 4.98 Å². The number of ether oxygens (including phenoxy) is 4. The SMILES string of the molecule is COc1ccc(N2CCN(c3nc4cc(OC)c(OC)cc4[nH]3)CC2)cc1OC. The van der Waals surface area contributed by atoms with Crippen molar-refractivity contribution < 1.29 is 18.9 Å². The van der Waals surface area contributed by atoms with Crippen LogP contribution in [0.3, 0.4) is 0 Å². The van der Waals surface area contributed by atoms with E-state index in [1.807, 2.05) is 24.3 Å². The fourth-order valence-electron chi connectivity index (χ4n) is 3.67. The van der Waals surface area contributed by atoms with Gasteiger partial charge in [0.25, 0.3) is 0 Å². The molecule has 8 heteroatoms. The molecule has 1 aromatic heterocycles. The third-order valence-corrected chi connectivity index (χ3v) is 5.29. The highest BCUT2D eigenvalue weighted by Gasteiger charge is 2.21. The van der Waals surface area contributed by atoms with Gasteiger partial charge in [-0.2, -0.15) is 0 Å². The third-order valence-electron chi connectivity index (χ3n) is 5.29. The molecule has 4 rings (SSSR count). The van der Waals surface area contributed by atoms with Gasteiger partial charge in [0, 0.05) is 50.1 Å². The first-order valence-corrected chi connectivity index (χ1v) is 9.50. The average Bonchev–Trinajstić information content (AvgIpc) is 3.20. The zero-order valence-electron chi connectivity index (χ0n) is 17.2. The van der Waals surface area contributed by atoms with Crippen molar-refractivity contribution in [2.45, 2.75) is 0 Å². The van der Waals surface area contributed by atoms with Crippen LogP contribution in [0.25, 0.3) is 11.0 Å². The molecule has 0 bridgehead atoms. The number of H-pyrrole nitrogens is 1. The van der Waals surface area contributed by atoms with Crippen LogP contribution in [0.5, 0.6) is 23.0 Å². The zero-order valence-corrected chi connectivity index (χ0v) is 17.2. The predicted octanol–water partition coefficient (Wildman–Crippen LogP) is 2.92. The van der Waals surface area contributed by atoms with Crippen LogP contribution in [0.2, 0.25) is 0 Å². The average molecular weight is 398 g/mol. The van der Waals surface area contributed by atoms with Crippen LogP contribution < -0.4 is 28.7 Å². The summed E-state index contributed by atoms with van der Waals surface area (Å²) in [5, 5.41) is 0. The van der Waals surface area contributed by atoms with Crippen molar-refractivity contribution in [3.63, 3.8) is 0 Å². The molecule has 2 heterocycles. The van der Waals surface area contributed by atoms with Gasteiger partial charge < -0.3 is 33.7 Å². The number of imidazole rings is 1. The molecule has 2 aromatic carbocycles. The Bertz CT molecular complexity index is 955. The number of benzene rings is 2. The van der Waals surface area contributed by atoms with E-state index in [2.05, 4.69) is 20.9 Å². The molecule has 154 valence electrons. The predicted molar refractivity (Wildman–Crippen MR) is 113 cm³/mol. The zero-order chi connectivity index (χ0) is 20.4. The Balaban J connectivity index is 1.49. The van der Waals surface area contributed by atoms with Crippen LogP contribution in [0, 0.1) is 0 Å². The summed E-state index contributed by atoms with van der Waals surface area (Å²) in [6.45, 7) is 3.50. The lowest BCUT2D eigenvalue weighted by Crippen LogP contribution is -2.46. The highest BCUT2D eigenvalue weighted by molar-refractivity contribution is 5.82. The van der Waals surface area contributed by atoms with E-state index in [4.69, 9.17) is 23.9 Å². The molecule has 0 saturated carbocycles. The second-order valence-corrected chi connectivity index (χ2v) is 6.80. The van der Waals surface area contributed by atoms with E-state index in [0.29, 0.717) is 11.5 Å². The number of aromatic amines is 1. The highest BCUT2D eigenvalue weighted by Crippen LogP contribution is 2.34. The Hall–Kier alpha value is -3.29. The number of hydrogen-bond acceptors (Lipinski definition) is 7. The minimum atomic E-state index is 0.677. The van der Waals surface area contributed by atoms with Crippen LogP contribution in [0.1, 0.15) is 0 Å². The molecule has 0 aliphatic carbocycles. The van der Waals surface area contributed by atoms with Gasteiger partial charge in [0.2, 0.25) is 5.95 Å². The first-order chi connectivity index (χ1) is 14.2. The number of fused-ring (bicyclic) bond motifs is 1. The lowest BCUT2D eigenvalue weighted by molar-refractivity contribution is 0.355. The Morgan fingerprint density at radius 1 is 0.724 bits per heavy atom. The van der Waals surface area contributed by atoms with Crippen molar-refractivity contribution in [3.05, 3.63) is 30.3 Å². The lowest BCUT2D eigenvalue weighted by Gasteiger charge is -2.36. The van der Waals surface area contributed by atoms with Crippen molar-refractivity contribution in [1.29, 1.82) is 0 Å². The van der Waals surface area contributed by atoms with E-state index < -0.39 is 0 Å². The van der Waals surface area contributed by atoms with Crippen molar-refractivity contribution in [3.8, 4) is 23.0 Å². The summed E-state index contributed by atoms with van der Waals surface area (Å²) in [5.41, 5.74) is 2.92. The summed E-state index contributed by atoms with van der Waals surface area (Å²) in [4.78, 5) is 12.8. The molecular formula is C21H26N4O4. The molecule has 0 spiro atoms. The Labute approximate surface area is 169 Å². The maximum absolute atomic E-state index is 5.43. The van der Waals surface area contributed by atoms with E-state index in [1.54, 1.807) is 28.4 Å². The van der Waals surface area contributed by atoms with E-state index in [9.17, 15) is 0 Å². The molecule has 1 saturated heterocycles. The quantitative estimate of drug-likeness (QED) is 0.684. The standard InChI is InChI=1S/C21H26N4O4/c1-26-17-6-5-14(11-18(17)27-2)24-7-9-25(10-8-24)21-22-15-12-19(28-3)20(29-4)13-16(15)23-21/h5-6,11-13H,7-10H2,1-4H3,(H,22,23). The molecule has 1 aliphatic heterocycles. The lowest BCUT2D eigenvalue weighted by atomic mass is 10.2. The Morgan fingerprint density at radius 2 is 1.31 bits per heavy atom.